The van der Waals surface area contributed by atoms with E-state index >= 15 is 0 Å². The van der Waals surface area contributed by atoms with Gasteiger partial charge in [0.25, 0.3) is 10.0 Å². The van der Waals surface area contributed by atoms with Crippen LogP contribution in [0.3, 0.4) is 0 Å². The maximum absolute atomic E-state index is 13.4. The molecule has 0 atom stereocenters. The largest absolute Gasteiger partial charge is 0.507 e. The van der Waals surface area contributed by atoms with E-state index < -0.39 is 38.2 Å². The fourth-order valence-electron chi connectivity index (χ4n) is 2.82. The van der Waals surface area contributed by atoms with Crippen molar-refractivity contribution in [3.8, 4) is 5.75 Å². The Morgan fingerprint density at radius 1 is 1.13 bits per heavy atom. The van der Waals surface area contributed by atoms with Gasteiger partial charge in [-0.05, 0) is 69.7 Å². The Morgan fingerprint density at radius 2 is 1.73 bits per heavy atom. The molecule has 0 aromatic heterocycles. The number of rotatable bonds is 3. The lowest BCUT2D eigenvalue weighted by Crippen LogP contribution is -2.15. The summed E-state index contributed by atoms with van der Waals surface area (Å²) in [6.07, 6.45) is -1.96. The fourth-order valence-corrected chi connectivity index (χ4v) is 4.41. The number of alkyl halides is 3. The highest BCUT2D eigenvalue weighted by Crippen LogP contribution is 2.37. The number of phenols is 1. The molecule has 2 N–H and O–H groups in total. The molecule has 1 saturated heterocycles. The first-order chi connectivity index (χ1) is 13.8. The third-order valence-electron chi connectivity index (χ3n) is 4.44. The van der Waals surface area contributed by atoms with Gasteiger partial charge in [-0.25, -0.2) is 12.8 Å². The van der Waals surface area contributed by atoms with Crippen LogP contribution in [0.5, 0.6) is 5.75 Å². The molecule has 1 aliphatic heterocycles. The summed E-state index contributed by atoms with van der Waals surface area (Å²) in [7, 11) is -2.15. The first kappa shape index (κ1) is 24.2. The summed E-state index contributed by atoms with van der Waals surface area (Å²) in [5, 5.41) is 9.28. The summed E-state index contributed by atoms with van der Waals surface area (Å²) in [5.74, 6) is -2.03. The van der Waals surface area contributed by atoms with Gasteiger partial charge in [0.15, 0.2) is 0 Å². The normalized spacial score (nSPS) is 14.9. The van der Waals surface area contributed by atoms with Crippen LogP contribution in [-0.4, -0.2) is 38.6 Å². The van der Waals surface area contributed by atoms with Gasteiger partial charge in [-0.15, -0.1) is 0 Å². The number of likely N-dealkylation sites (tertiary alicyclic amines) is 1. The van der Waals surface area contributed by atoms with Crippen LogP contribution in [0.15, 0.2) is 35.2 Å². The third kappa shape index (κ3) is 6.23. The molecule has 1 heterocycles. The molecule has 2 aromatic rings. The van der Waals surface area contributed by atoms with E-state index in [1.165, 1.54) is 32.9 Å². The topological polar surface area (TPSA) is 69.6 Å². The minimum absolute atomic E-state index is 0.0710. The van der Waals surface area contributed by atoms with Crippen molar-refractivity contribution in [2.45, 2.75) is 30.8 Å². The molecule has 0 spiro atoms. The lowest BCUT2D eigenvalue weighted by atomic mass is 10.2. The van der Waals surface area contributed by atoms with Crippen molar-refractivity contribution in [1.82, 2.24) is 4.90 Å². The van der Waals surface area contributed by atoms with E-state index in [0.717, 1.165) is 18.2 Å². The second-order valence-electron chi connectivity index (χ2n) is 6.86. The number of hydrogen-bond acceptors (Lipinski definition) is 4. The average molecular weight is 469 g/mol. The first-order valence-electron chi connectivity index (χ1n) is 8.88. The van der Waals surface area contributed by atoms with E-state index in [0.29, 0.717) is 12.1 Å². The van der Waals surface area contributed by atoms with Crippen molar-refractivity contribution in [1.29, 1.82) is 0 Å². The number of hydrogen-bond donors (Lipinski definition) is 2. The van der Waals surface area contributed by atoms with Gasteiger partial charge >= 0.3 is 6.18 Å². The number of halogens is 5. The van der Waals surface area contributed by atoms with Gasteiger partial charge in [0, 0.05) is 11.1 Å². The van der Waals surface area contributed by atoms with Crippen LogP contribution in [0.1, 0.15) is 24.0 Å². The smallest absolute Gasteiger partial charge is 0.419 e. The standard InChI is InChI=1S/C14H10ClF4NO3S.C5H11N/c1-7-11(15)4-8(16)5-13(7)24(22,23)20-9-2-3-10(12(21)6-9)14(17,18)19;1-6-4-2-3-5-6/h2-6,20-21H,1H3;2-5H2,1H3. The Labute approximate surface area is 177 Å². The summed E-state index contributed by atoms with van der Waals surface area (Å²) in [6.45, 7) is 3.99. The molecule has 11 heteroatoms. The zero-order chi connectivity index (χ0) is 22.7. The number of aromatic hydroxyl groups is 1. The van der Waals surface area contributed by atoms with E-state index in [-0.39, 0.29) is 16.3 Å². The van der Waals surface area contributed by atoms with Crippen molar-refractivity contribution in [2.24, 2.45) is 0 Å². The minimum atomic E-state index is -4.78. The molecular weight excluding hydrogens is 448 g/mol. The van der Waals surface area contributed by atoms with E-state index in [1.807, 2.05) is 4.72 Å². The highest BCUT2D eigenvalue weighted by Gasteiger charge is 2.34. The van der Waals surface area contributed by atoms with Crippen molar-refractivity contribution in [3.63, 3.8) is 0 Å². The van der Waals surface area contributed by atoms with Crippen molar-refractivity contribution < 1.29 is 31.1 Å². The summed E-state index contributed by atoms with van der Waals surface area (Å²) in [4.78, 5) is 1.90. The minimum Gasteiger partial charge on any atom is -0.507 e. The lowest BCUT2D eigenvalue weighted by Gasteiger charge is -2.13. The monoisotopic (exact) mass is 468 g/mol. The van der Waals surface area contributed by atoms with Gasteiger partial charge in [0.1, 0.15) is 11.6 Å². The summed E-state index contributed by atoms with van der Waals surface area (Å²) in [6, 6.07) is 3.62. The summed E-state index contributed by atoms with van der Waals surface area (Å²) >= 11 is 5.73. The van der Waals surface area contributed by atoms with E-state index in [2.05, 4.69) is 11.9 Å². The molecule has 166 valence electrons. The van der Waals surface area contributed by atoms with Crippen LogP contribution in [0.25, 0.3) is 0 Å². The zero-order valence-corrected chi connectivity index (χ0v) is 17.8. The maximum atomic E-state index is 13.4. The van der Waals surface area contributed by atoms with Crippen LogP contribution < -0.4 is 4.72 Å². The third-order valence-corrected chi connectivity index (χ3v) is 6.34. The van der Waals surface area contributed by atoms with Gasteiger partial charge in [0.05, 0.1) is 16.1 Å². The van der Waals surface area contributed by atoms with E-state index in [4.69, 9.17) is 11.6 Å². The molecule has 1 fully saturated rings. The molecule has 0 saturated carbocycles. The number of phenolic OH excluding ortho intramolecular Hbond substituents is 1. The molecular formula is C19H21ClF4N2O3S. The Hall–Kier alpha value is -2.04. The fraction of sp³-hybridized carbons (Fsp3) is 0.368. The lowest BCUT2D eigenvalue weighted by molar-refractivity contribution is -0.138. The Bertz CT molecular complexity index is 1010. The predicted octanol–water partition coefficient (Wildman–Crippen LogP) is 5.02. The van der Waals surface area contributed by atoms with Gasteiger partial charge in [-0.1, -0.05) is 11.6 Å². The molecule has 30 heavy (non-hydrogen) atoms. The molecule has 0 aliphatic carbocycles. The summed E-state index contributed by atoms with van der Waals surface area (Å²) < 4.78 is 77.6. The van der Waals surface area contributed by atoms with Crippen molar-refractivity contribution in [2.75, 3.05) is 24.9 Å². The van der Waals surface area contributed by atoms with Crippen molar-refractivity contribution in [3.05, 3.63) is 52.3 Å². The van der Waals surface area contributed by atoms with Crippen LogP contribution in [0.4, 0.5) is 23.2 Å². The maximum Gasteiger partial charge on any atom is 0.419 e. The van der Waals surface area contributed by atoms with Crippen LogP contribution >= 0.6 is 11.6 Å². The Kier molecular flexibility index (Phi) is 7.59. The van der Waals surface area contributed by atoms with E-state index in [9.17, 15) is 31.1 Å². The molecule has 5 nitrogen and oxygen atoms in total. The SMILES string of the molecule is CN1CCCC1.Cc1c(Cl)cc(F)cc1S(=O)(=O)Nc1ccc(C(F)(F)F)c(O)c1. The predicted molar refractivity (Wildman–Crippen MR) is 107 cm³/mol. The molecule has 3 rings (SSSR count). The van der Waals surface area contributed by atoms with Crippen LogP contribution in [-0.2, 0) is 16.2 Å². The van der Waals surface area contributed by atoms with Gasteiger partial charge < -0.3 is 10.0 Å². The van der Waals surface area contributed by atoms with Gasteiger partial charge in [0.2, 0.25) is 0 Å². The highest BCUT2D eigenvalue weighted by molar-refractivity contribution is 7.92. The molecule has 2 aromatic carbocycles. The van der Waals surface area contributed by atoms with Crippen molar-refractivity contribution >= 4 is 27.3 Å². The van der Waals surface area contributed by atoms with Crippen LogP contribution in [0, 0.1) is 12.7 Å². The number of sulfonamides is 1. The van der Waals surface area contributed by atoms with E-state index in [1.54, 1.807) is 0 Å². The Balaban J connectivity index is 0.000000456. The second-order valence-corrected chi connectivity index (χ2v) is 8.91. The number of anilines is 1. The number of nitrogens with zero attached hydrogens (tertiary/aromatic N) is 1. The molecule has 0 amide bonds. The Morgan fingerprint density at radius 3 is 2.20 bits per heavy atom. The average Bonchev–Trinajstić information content (AvgIpc) is 3.08. The molecule has 1 aliphatic rings. The number of benzene rings is 2. The quantitative estimate of drug-likeness (QED) is 0.620. The number of nitrogens with one attached hydrogen (secondary N) is 1. The summed E-state index contributed by atoms with van der Waals surface area (Å²) in [5.41, 5.74) is -1.56. The molecule has 0 radical (unpaired) electrons. The molecule has 0 bridgehead atoms. The second kappa shape index (κ2) is 9.40. The molecule has 0 unspecified atom stereocenters. The first-order valence-corrected chi connectivity index (χ1v) is 10.7. The van der Waals surface area contributed by atoms with Crippen LogP contribution in [0.2, 0.25) is 5.02 Å². The zero-order valence-electron chi connectivity index (χ0n) is 16.2. The van der Waals surface area contributed by atoms with Gasteiger partial charge in [-0.3, -0.25) is 4.72 Å². The highest BCUT2D eigenvalue weighted by atomic mass is 35.5. The van der Waals surface area contributed by atoms with Gasteiger partial charge in [-0.2, -0.15) is 13.2 Å².